The highest BCUT2D eigenvalue weighted by molar-refractivity contribution is 7.99. The van der Waals surface area contributed by atoms with Gasteiger partial charge in [0, 0.05) is 24.2 Å². The predicted octanol–water partition coefficient (Wildman–Crippen LogP) is 2.59. The molecule has 1 rings (SSSR count). The minimum atomic E-state index is -0.214. The maximum atomic E-state index is 12.8. The molecule has 0 saturated heterocycles. The molecule has 16 heavy (non-hydrogen) atoms. The summed E-state index contributed by atoms with van der Waals surface area (Å²) in [6.45, 7) is 2.67. The summed E-state index contributed by atoms with van der Waals surface area (Å²) in [7, 11) is 1.68. The summed E-state index contributed by atoms with van der Waals surface area (Å²) >= 11 is 1.74. The average molecular weight is 243 g/mol. The average Bonchev–Trinajstić information content (AvgIpc) is 2.26. The molecule has 1 aromatic rings. The fourth-order valence-electron chi connectivity index (χ4n) is 1.46. The van der Waals surface area contributed by atoms with Gasteiger partial charge >= 0.3 is 0 Å². The largest absolute Gasteiger partial charge is 0.384 e. The second-order valence-corrected chi connectivity index (χ2v) is 4.94. The molecule has 0 bridgehead atoms. The first-order valence-corrected chi connectivity index (χ1v) is 6.31. The van der Waals surface area contributed by atoms with Crippen LogP contribution >= 0.6 is 11.8 Å². The first-order chi connectivity index (χ1) is 7.65. The van der Waals surface area contributed by atoms with Crippen molar-refractivity contribution in [2.24, 2.45) is 5.73 Å². The number of benzene rings is 1. The molecule has 0 aromatic heterocycles. The van der Waals surface area contributed by atoms with Crippen LogP contribution in [0.5, 0.6) is 0 Å². The Balaban J connectivity index is 2.65. The summed E-state index contributed by atoms with van der Waals surface area (Å²) in [5, 5.41) is 0.191. The Labute approximate surface area is 100 Å². The molecule has 2 atom stereocenters. The quantitative estimate of drug-likeness (QED) is 0.780. The van der Waals surface area contributed by atoms with Crippen LogP contribution in [0.15, 0.2) is 24.3 Å². The summed E-state index contributed by atoms with van der Waals surface area (Å²) in [5.74, 6) is 0.675. The molecule has 0 amide bonds. The van der Waals surface area contributed by atoms with Crippen LogP contribution in [0, 0.1) is 5.82 Å². The zero-order chi connectivity index (χ0) is 12.0. The molecule has 0 heterocycles. The van der Waals surface area contributed by atoms with Gasteiger partial charge in [0.25, 0.3) is 0 Å². The third-order valence-corrected chi connectivity index (χ3v) is 3.72. The SMILES string of the molecule is COCCSC(c1ccc(F)cc1)C(C)N. The molecule has 0 spiro atoms. The molecular weight excluding hydrogens is 225 g/mol. The van der Waals surface area contributed by atoms with E-state index in [9.17, 15) is 4.39 Å². The number of ether oxygens (including phenoxy) is 1. The molecule has 0 aliphatic rings. The van der Waals surface area contributed by atoms with E-state index in [0.29, 0.717) is 6.61 Å². The molecule has 1 aromatic carbocycles. The topological polar surface area (TPSA) is 35.2 Å². The van der Waals surface area contributed by atoms with Crippen LogP contribution in [0.25, 0.3) is 0 Å². The van der Waals surface area contributed by atoms with Crippen molar-refractivity contribution >= 4 is 11.8 Å². The monoisotopic (exact) mass is 243 g/mol. The van der Waals surface area contributed by atoms with Crippen LogP contribution in [-0.4, -0.2) is 25.5 Å². The molecule has 4 heteroatoms. The third-order valence-electron chi connectivity index (χ3n) is 2.26. The molecule has 0 fully saturated rings. The molecule has 2 N–H and O–H groups in total. The van der Waals surface area contributed by atoms with E-state index in [1.807, 2.05) is 6.92 Å². The molecule has 90 valence electrons. The maximum Gasteiger partial charge on any atom is 0.123 e. The lowest BCUT2D eigenvalue weighted by atomic mass is 10.1. The highest BCUT2D eigenvalue weighted by Crippen LogP contribution is 2.31. The molecular formula is C12H18FNOS. The van der Waals surface area contributed by atoms with Crippen molar-refractivity contribution in [3.05, 3.63) is 35.6 Å². The van der Waals surface area contributed by atoms with E-state index < -0.39 is 0 Å². The van der Waals surface area contributed by atoms with Crippen LogP contribution in [0.2, 0.25) is 0 Å². The van der Waals surface area contributed by atoms with E-state index in [-0.39, 0.29) is 17.1 Å². The van der Waals surface area contributed by atoms with E-state index in [0.717, 1.165) is 11.3 Å². The van der Waals surface area contributed by atoms with Gasteiger partial charge in [-0.3, -0.25) is 0 Å². The van der Waals surface area contributed by atoms with E-state index in [1.54, 1.807) is 31.0 Å². The lowest BCUT2D eigenvalue weighted by Crippen LogP contribution is -2.23. The smallest absolute Gasteiger partial charge is 0.123 e. The normalized spacial score (nSPS) is 14.8. The molecule has 0 aliphatic carbocycles. The van der Waals surface area contributed by atoms with Crippen molar-refractivity contribution in [2.75, 3.05) is 19.5 Å². The molecule has 0 aliphatic heterocycles. The highest BCUT2D eigenvalue weighted by atomic mass is 32.2. The summed E-state index contributed by atoms with van der Waals surface area (Å²) in [6, 6.07) is 6.57. The van der Waals surface area contributed by atoms with E-state index in [4.69, 9.17) is 10.5 Å². The standard InChI is InChI=1S/C12H18FNOS/c1-9(14)12(16-8-7-15-2)10-3-5-11(13)6-4-10/h3-6,9,12H,7-8,14H2,1-2H3. The lowest BCUT2D eigenvalue weighted by molar-refractivity contribution is 0.218. The van der Waals surface area contributed by atoms with Gasteiger partial charge < -0.3 is 10.5 Å². The van der Waals surface area contributed by atoms with Crippen LogP contribution in [0.4, 0.5) is 4.39 Å². The lowest BCUT2D eigenvalue weighted by Gasteiger charge is -2.20. The number of rotatable bonds is 6. The highest BCUT2D eigenvalue weighted by Gasteiger charge is 2.16. The molecule has 0 radical (unpaired) electrons. The fraction of sp³-hybridized carbons (Fsp3) is 0.500. The second-order valence-electron chi connectivity index (χ2n) is 3.69. The zero-order valence-corrected chi connectivity index (χ0v) is 10.5. The summed E-state index contributed by atoms with van der Waals surface area (Å²) in [6.07, 6.45) is 0. The number of hydrogen-bond acceptors (Lipinski definition) is 3. The summed E-state index contributed by atoms with van der Waals surface area (Å²) < 4.78 is 17.8. The number of methoxy groups -OCH3 is 1. The van der Waals surface area contributed by atoms with Crippen molar-refractivity contribution < 1.29 is 9.13 Å². The Bertz CT molecular complexity index is 302. The number of thioether (sulfide) groups is 1. The van der Waals surface area contributed by atoms with Gasteiger partial charge in [-0.1, -0.05) is 12.1 Å². The van der Waals surface area contributed by atoms with Gasteiger partial charge in [0.15, 0.2) is 0 Å². The molecule has 2 nitrogen and oxygen atoms in total. The Morgan fingerprint density at radius 1 is 1.38 bits per heavy atom. The Morgan fingerprint density at radius 2 is 2.00 bits per heavy atom. The molecule has 2 unspecified atom stereocenters. The van der Waals surface area contributed by atoms with Crippen molar-refractivity contribution in [2.45, 2.75) is 18.2 Å². The number of hydrogen-bond donors (Lipinski definition) is 1. The summed E-state index contributed by atoms with van der Waals surface area (Å²) in [4.78, 5) is 0. The van der Waals surface area contributed by atoms with Gasteiger partial charge in [0.2, 0.25) is 0 Å². The predicted molar refractivity (Wildman–Crippen MR) is 67.1 cm³/mol. The van der Waals surface area contributed by atoms with E-state index in [2.05, 4.69) is 0 Å². The number of halogens is 1. The van der Waals surface area contributed by atoms with Crippen molar-refractivity contribution in [3.63, 3.8) is 0 Å². The van der Waals surface area contributed by atoms with Gasteiger partial charge in [0.1, 0.15) is 5.82 Å². The fourth-order valence-corrected chi connectivity index (χ4v) is 2.63. The van der Waals surface area contributed by atoms with Gasteiger partial charge in [-0.25, -0.2) is 4.39 Å². The zero-order valence-electron chi connectivity index (χ0n) is 9.65. The second kappa shape index (κ2) is 6.89. The molecule has 0 saturated carbocycles. The van der Waals surface area contributed by atoms with Gasteiger partial charge in [0.05, 0.1) is 6.61 Å². The van der Waals surface area contributed by atoms with Crippen molar-refractivity contribution in [1.82, 2.24) is 0 Å². The maximum absolute atomic E-state index is 12.8. The van der Waals surface area contributed by atoms with E-state index in [1.165, 1.54) is 12.1 Å². The van der Waals surface area contributed by atoms with Gasteiger partial charge in [-0.05, 0) is 24.6 Å². The van der Waals surface area contributed by atoms with E-state index >= 15 is 0 Å². The Morgan fingerprint density at radius 3 is 2.50 bits per heavy atom. The third kappa shape index (κ3) is 4.12. The Hall–Kier alpha value is -0.580. The van der Waals surface area contributed by atoms with Crippen LogP contribution in [0.1, 0.15) is 17.7 Å². The number of nitrogens with two attached hydrogens (primary N) is 1. The van der Waals surface area contributed by atoms with Crippen LogP contribution < -0.4 is 5.73 Å². The minimum absolute atomic E-state index is 0.0346. The van der Waals surface area contributed by atoms with Crippen LogP contribution in [-0.2, 0) is 4.74 Å². The first kappa shape index (κ1) is 13.5. The first-order valence-electron chi connectivity index (χ1n) is 5.26. The van der Waals surface area contributed by atoms with Crippen LogP contribution in [0.3, 0.4) is 0 Å². The van der Waals surface area contributed by atoms with Gasteiger partial charge in [-0.15, -0.1) is 11.8 Å². The van der Waals surface area contributed by atoms with Crippen molar-refractivity contribution in [3.8, 4) is 0 Å². The minimum Gasteiger partial charge on any atom is -0.384 e. The van der Waals surface area contributed by atoms with Crippen molar-refractivity contribution in [1.29, 1.82) is 0 Å². The van der Waals surface area contributed by atoms with Gasteiger partial charge in [-0.2, -0.15) is 0 Å². The Kier molecular flexibility index (Phi) is 5.80. The summed E-state index contributed by atoms with van der Waals surface area (Å²) in [5.41, 5.74) is 7.00.